The summed E-state index contributed by atoms with van der Waals surface area (Å²) >= 11 is 0. The maximum absolute atomic E-state index is 12.4. The molecule has 6 rings (SSSR count). The molecule has 10 heteroatoms. The van der Waals surface area contributed by atoms with Gasteiger partial charge >= 0.3 is 5.97 Å². The lowest BCUT2D eigenvalue weighted by molar-refractivity contribution is -0.324. The lowest BCUT2D eigenvalue weighted by Crippen LogP contribution is -2.69. The molecule has 5 N–H and O–H groups in total. The van der Waals surface area contributed by atoms with E-state index in [4.69, 9.17) is 18.9 Å². The van der Waals surface area contributed by atoms with Gasteiger partial charge < -0.3 is 44.5 Å². The van der Waals surface area contributed by atoms with Gasteiger partial charge in [-0.05, 0) is 81.6 Å². The molecule has 226 valence electrons. The van der Waals surface area contributed by atoms with Crippen LogP contribution >= 0.6 is 0 Å². The van der Waals surface area contributed by atoms with Gasteiger partial charge in [0.05, 0.1) is 30.0 Å². The van der Waals surface area contributed by atoms with Crippen molar-refractivity contribution in [3.8, 4) is 0 Å². The fourth-order valence-corrected chi connectivity index (χ4v) is 10.2. The molecule has 1 saturated heterocycles. The van der Waals surface area contributed by atoms with E-state index in [2.05, 4.69) is 6.92 Å². The van der Waals surface area contributed by atoms with Crippen LogP contribution in [0, 0.1) is 28.6 Å². The number of carbonyl (C=O) groups is 1. The van der Waals surface area contributed by atoms with Crippen LogP contribution in [-0.2, 0) is 23.7 Å². The highest BCUT2D eigenvalue weighted by Gasteiger charge is 2.71. The first-order valence-corrected chi connectivity index (χ1v) is 15.1. The summed E-state index contributed by atoms with van der Waals surface area (Å²) in [6, 6.07) is 0. The summed E-state index contributed by atoms with van der Waals surface area (Å²) < 4.78 is 22.5. The average molecular weight is 567 g/mol. The van der Waals surface area contributed by atoms with Crippen LogP contribution in [0.4, 0.5) is 0 Å². The van der Waals surface area contributed by atoms with Crippen molar-refractivity contribution < 1.29 is 49.3 Å². The van der Waals surface area contributed by atoms with E-state index in [-0.39, 0.29) is 30.3 Å². The smallest absolute Gasteiger partial charge is 0.331 e. The summed E-state index contributed by atoms with van der Waals surface area (Å²) in [4.78, 5) is 11.8. The number of fused-ring (bicyclic) bond motifs is 5. The Morgan fingerprint density at radius 2 is 1.77 bits per heavy atom. The molecule has 0 amide bonds. The van der Waals surface area contributed by atoms with E-state index in [0.717, 1.165) is 24.8 Å². The Hall–Kier alpha value is -1.11. The van der Waals surface area contributed by atoms with Gasteiger partial charge in [0.15, 0.2) is 6.29 Å². The van der Waals surface area contributed by atoms with Crippen molar-refractivity contribution in [2.75, 3.05) is 20.3 Å². The van der Waals surface area contributed by atoms with Crippen molar-refractivity contribution in [3.05, 3.63) is 11.6 Å². The molecule has 0 aromatic rings. The van der Waals surface area contributed by atoms with Gasteiger partial charge in [0.2, 0.25) is 0 Å². The molecule has 0 spiro atoms. The number of aliphatic hydroxyl groups excluding tert-OH is 3. The third kappa shape index (κ3) is 3.93. The molecule has 4 aliphatic carbocycles. The topological polar surface area (TPSA) is 155 Å². The predicted octanol–water partition coefficient (Wildman–Crippen LogP) is 1.20. The Morgan fingerprint density at radius 3 is 2.45 bits per heavy atom. The minimum atomic E-state index is -1.19. The zero-order valence-corrected chi connectivity index (χ0v) is 23.8. The second-order valence-corrected chi connectivity index (χ2v) is 13.8. The maximum Gasteiger partial charge on any atom is 0.331 e. The van der Waals surface area contributed by atoms with Crippen molar-refractivity contribution >= 4 is 5.97 Å². The standard InChI is InChI=1S/C30H46O10/c1-16-23(33)25(37-3)24(34)26(39-16)40-18-4-9-28(15-31)20-5-8-27(2)19(17-12-22(32)38-14-17)7-11-30(27,36)21(20)6-10-29(28,35)13-18/h12,16,18-21,23-26,31,33-36H,4-11,13-15H2,1-3H3/t16?,18-,19+,20?,21?,23+,24?,25?,26-,27+,28-,29-,30-/m0/s1. The molecule has 2 aliphatic heterocycles. The molecule has 5 unspecified atom stereocenters. The van der Waals surface area contributed by atoms with Crippen LogP contribution in [0.1, 0.15) is 71.6 Å². The zero-order valence-electron chi connectivity index (χ0n) is 23.8. The van der Waals surface area contributed by atoms with Crippen molar-refractivity contribution in [3.63, 3.8) is 0 Å². The van der Waals surface area contributed by atoms with Crippen LogP contribution in [0.2, 0.25) is 0 Å². The van der Waals surface area contributed by atoms with Crippen molar-refractivity contribution in [2.24, 2.45) is 28.6 Å². The normalized spacial score (nSPS) is 54.2. The lowest BCUT2D eigenvalue weighted by Gasteiger charge is -2.66. The Morgan fingerprint density at radius 1 is 1.02 bits per heavy atom. The number of hydrogen-bond acceptors (Lipinski definition) is 10. The number of ether oxygens (including phenoxy) is 4. The van der Waals surface area contributed by atoms with Gasteiger partial charge in [0.25, 0.3) is 0 Å². The van der Waals surface area contributed by atoms with E-state index >= 15 is 0 Å². The van der Waals surface area contributed by atoms with E-state index in [1.165, 1.54) is 7.11 Å². The zero-order chi connectivity index (χ0) is 28.7. The molecule has 2 heterocycles. The minimum absolute atomic E-state index is 0.0472. The molecule has 40 heavy (non-hydrogen) atoms. The highest BCUT2D eigenvalue weighted by atomic mass is 16.7. The highest BCUT2D eigenvalue weighted by molar-refractivity contribution is 5.85. The summed E-state index contributed by atoms with van der Waals surface area (Å²) in [5.74, 6) is -0.334. The van der Waals surface area contributed by atoms with Crippen LogP contribution in [0.3, 0.4) is 0 Å². The van der Waals surface area contributed by atoms with Crippen LogP contribution in [0.25, 0.3) is 0 Å². The molecular formula is C30H46O10. The summed E-state index contributed by atoms with van der Waals surface area (Å²) in [7, 11) is 1.43. The van der Waals surface area contributed by atoms with Crippen molar-refractivity contribution in [1.82, 2.24) is 0 Å². The number of hydrogen-bond donors (Lipinski definition) is 5. The van der Waals surface area contributed by atoms with E-state index < -0.39 is 58.8 Å². The third-order valence-corrected chi connectivity index (χ3v) is 12.4. The molecule has 5 fully saturated rings. The number of cyclic esters (lactones) is 1. The first-order chi connectivity index (χ1) is 18.9. The molecular weight excluding hydrogens is 520 g/mol. The van der Waals surface area contributed by atoms with E-state index in [1.807, 2.05) is 0 Å². The van der Waals surface area contributed by atoms with Gasteiger partial charge in [0.1, 0.15) is 24.9 Å². The fourth-order valence-electron chi connectivity index (χ4n) is 10.2. The largest absolute Gasteiger partial charge is 0.458 e. The Balaban J connectivity index is 1.21. The third-order valence-electron chi connectivity index (χ3n) is 12.4. The first kappa shape index (κ1) is 29.0. The van der Waals surface area contributed by atoms with Gasteiger partial charge in [-0.3, -0.25) is 0 Å². The van der Waals surface area contributed by atoms with Gasteiger partial charge in [-0.15, -0.1) is 0 Å². The molecule has 13 atom stereocenters. The number of aliphatic hydroxyl groups is 5. The Labute approximate surface area is 235 Å². The number of methoxy groups -OCH3 is 1. The van der Waals surface area contributed by atoms with E-state index in [9.17, 15) is 30.3 Å². The molecule has 6 aliphatic rings. The van der Waals surface area contributed by atoms with Crippen molar-refractivity contribution in [2.45, 2.75) is 120 Å². The van der Waals surface area contributed by atoms with Crippen molar-refractivity contribution in [1.29, 1.82) is 0 Å². The Kier molecular flexibility index (Phi) is 7.23. The second kappa shape index (κ2) is 9.98. The van der Waals surface area contributed by atoms with Gasteiger partial charge in [-0.1, -0.05) is 6.92 Å². The fraction of sp³-hybridized carbons (Fsp3) is 0.900. The first-order valence-electron chi connectivity index (χ1n) is 15.1. The predicted molar refractivity (Wildman–Crippen MR) is 141 cm³/mol. The molecule has 4 saturated carbocycles. The molecule has 10 nitrogen and oxygen atoms in total. The summed E-state index contributed by atoms with van der Waals surface area (Å²) in [5.41, 5.74) is -2.31. The van der Waals surface area contributed by atoms with E-state index in [1.54, 1.807) is 13.0 Å². The number of carbonyl (C=O) groups excluding carboxylic acids is 1. The number of rotatable bonds is 5. The van der Waals surface area contributed by atoms with Gasteiger partial charge in [-0.2, -0.15) is 0 Å². The molecule has 0 bridgehead atoms. The maximum atomic E-state index is 12.4. The van der Waals surface area contributed by atoms with Gasteiger partial charge in [0, 0.05) is 30.4 Å². The monoisotopic (exact) mass is 566 g/mol. The quantitative estimate of drug-likeness (QED) is 0.242. The van der Waals surface area contributed by atoms with Gasteiger partial charge in [-0.25, -0.2) is 4.79 Å². The van der Waals surface area contributed by atoms with Crippen LogP contribution < -0.4 is 0 Å². The van der Waals surface area contributed by atoms with Crippen LogP contribution in [0.15, 0.2) is 11.6 Å². The van der Waals surface area contributed by atoms with Crippen LogP contribution in [-0.4, -0.2) is 99.8 Å². The highest BCUT2D eigenvalue weighted by Crippen LogP contribution is 2.70. The minimum Gasteiger partial charge on any atom is -0.458 e. The summed E-state index contributed by atoms with van der Waals surface area (Å²) in [6.45, 7) is 3.99. The average Bonchev–Trinajstić information content (AvgIpc) is 3.46. The lowest BCUT2D eigenvalue weighted by atomic mass is 9.41. The number of esters is 1. The van der Waals surface area contributed by atoms with Crippen LogP contribution in [0.5, 0.6) is 0 Å². The second-order valence-electron chi connectivity index (χ2n) is 13.8. The Bertz CT molecular complexity index is 1030. The SMILES string of the molecule is COC1C(O)[C@H](O[C@H]2CC[C@]3(CO)C4CC[C@]5(C)[C@@H](C6=CC(=O)OC6)CC[C@]5(O)C4CC[C@]3(O)C2)OC(C)[C@H]1O. The summed E-state index contributed by atoms with van der Waals surface area (Å²) in [6.07, 6.45) is 2.04. The molecule has 0 aromatic heterocycles. The summed E-state index contributed by atoms with van der Waals surface area (Å²) in [5, 5.41) is 56.7. The molecule has 0 aromatic carbocycles. The van der Waals surface area contributed by atoms with E-state index in [0.29, 0.717) is 45.1 Å². The molecule has 0 radical (unpaired) electrons.